The van der Waals surface area contributed by atoms with Crippen LogP contribution >= 0.6 is 0 Å². The van der Waals surface area contributed by atoms with Gasteiger partial charge in [0.05, 0.1) is 0 Å². The zero-order valence-corrected chi connectivity index (χ0v) is 19.3. The monoisotopic (exact) mass is 365 g/mol. The predicted octanol–water partition coefficient (Wildman–Crippen LogP) is 4.93. The summed E-state index contributed by atoms with van der Waals surface area (Å²) in [5, 5.41) is 3.00. The van der Waals surface area contributed by atoms with Gasteiger partial charge in [0.1, 0.15) is 0 Å². The molecular weight excluding hydrogens is 334 g/mol. The number of rotatable bonds is 3. The number of aryl methyl sites for hydroxylation is 6. The van der Waals surface area contributed by atoms with E-state index in [9.17, 15) is 0 Å². The second kappa shape index (κ2) is 6.59. The van der Waals surface area contributed by atoms with E-state index in [2.05, 4.69) is 90.0 Å². The van der Waals surface area contributed by atoms with Crippen molar-refractivity contribution in [3.63, 3.8) is 0 Å². The maximum Gasteiger partial charge on any atom is 0.420 e. The smallest absolute Gasteiger partial charge is 0.415 e. The molecule has 0 unspecified atom stereocenters. The summed E-state index contributed by atoms with van der Waals surface area (Å²) in [6.45, 7) is 28.4. The molecule has 0 N–H and O–H groups in total. The van der Waals surface area contributed by atoms with E-state index < -0.39 is 15.3 Å². The highest BCUT2D eigenvalue weighted by Crippen LogP contribution is 2.27. The van der Waals surface area contributed by atoms with Gasteiger partial charge in [-0.25, -0.2) is 0 Å². The van der Waals surface area contributed by atoms with Gasteiger partial charge in [0.2, 0.25) is 7.59 Å². The first-order valence-corrected chi connectivity index (χ1v) is 15.5. The fraction of sp³-hybridized carbons (Fsp3) is 0.409. The predicted molar refractivity (Wildman–Crippen MR) is 116 cm³/mol. The van der Waals surface area contributed by atoms with Crippen LogP contribution in [0.3, 0.4) is 0 Å². The Morgan fingerprint density at radius 2 is 0.920 bits per heavy atom. The molecular formula is C22H31NSi2. The average Bonchev–Trinajstić information content (AvgIpc) is 2.44. The molecule has 0 amide bonds. The van der Waals surface area contributed by atoms with Crippen LogP contribution < -0.4 is 10.4 Å². The van der Waals surface area contributed by atoms with Crippen LogP contribution in [0.15, 0.2) is 24.3 Å². The first-order chi connectivity index (χ1) is 11.5. The van der Waals surface area contributed by atoms with Crippen LogP contribution in [0.5, 0.6) is 0 Å². The van der Waals surface area contributed by atoms with Gasteiger partial charge in [-0.2, -0.15) is 0 Å². The van der Waals surface area contributed by atoms with Gasteiger partial charge in [-0.3, -0.25) is 6.57 Å². The fourth-order valence-electron chi connectivity index (χ4n) is 4.79. The largest absolute Gasteiger partial charge is 0.420 e. The van der Waals surface area contributed by atoms with Gasteiger partial charge in [-0.05, 0) is 51.9 Å². The fourth-order valence-corrected chi connectivity index (χ4v) is 16.6. The molecule has 0 radical (unpaired) electrons. The van der Waals surface area contributed by atoms with Gasteiger partial charge in [0.25, 0.3) is 0 Å². The van der Waals surface area contributed by atoms with Crippen LogP contribution in [0.1, 0.15) is 33.4 Å². The van der Waals surface area contributed by atoms with E-state index in [1.54, 1.807) is 0 Å². The first kappa shape index (κ1) is 19.7. The van der Waals surface area contributed by atoms with Crippen LogP contribution in [-0.4, -0.2) is 15.3 Å². The topological polar surface area (TPSA) is 4.36 Å². The van der Waals surface area contributed by atoms with E-state index >= 15 is 0 Å². The Kier molecular flexibility index (Phi) is 5.19. The van der Waals surface area contributed by atoms with Crippen molar-refractivity contribution in [1.82, 2.24) is 0 Å². The molecule has 0 saturated heterocycles. The molecule has 0 atom stereocenters. The second-order valence-electron chi connectivity index (χ2n) is 8.34. The van der Waals surface area contributed by atoms with E-state index in [0.717, 1.165) is 0 Å². The summed E-state index contributed by atoms with van der Waals surface area (Å²) in [6, 6.07) is 9.23. The minimum Gasteiger partial charge on any atom is -0.415 e. The molecule has 0 aromatic heterocycles. The number of nitrogens with zero attached hydrogens (tertiary/aromatic N) is 1. The van der Waals surface area contributed by atoms with E-state index in [0.29, 0.717) is 0 Å². The Labute approximate surface area is 155 Å². The molecule has 132 valence electrons. The lowest BCUT2D eigenvalue weighted by Crippen LogP contribution is -2.73. The third kappa shape index (κ3) is 3.14. The van der Waals surface area contributed by atoms with E-state index in [4.69, 9.17) is 6.57 Å². The molecule has 2 rings (SSSR count). The first-order valence-electron chi connectivity index (χ1n) is 9.01. The van der Waals surface area contributed by atoms with Crippen molar-refractivity contribution < 1.29 is 0 Å². The van der Waals surface area contributed by atoms with Crippen LogP contribution in [0.4, 0.5) is 0 Å². The van der Waals surface area contributed by atoms with Crippen molar-refractivity contribution >= 4 is 25.7 Å². The summed E-state index contributed by atoms with van der Waals surface area (Å²) in [5.41, 5.74) is 8.11. The van der Waals surface area contributed by atoms with Crippen molar-refractivity contribution in [3.05, 3.63) is 68.7 Å². The number of hydrogen-bond acceptors (Lipinski definition) is 0. The minimum absolute atomic E-state index is 1.31. The zero-order chi connectivity index (χ0) is 19.2. The van der Waals surface area contributed by atoms with Crippen LogP contribution in [0, 0.1) is 48.1 Å². The number of benzene rings is 2. The van der Waals surface area contributed by atoms with Gasteiger partial charge in [0.15, 0.2) is 0 Å². The SMILES string of the molecule is [C-]#[N+][Si](C)(C)[Si](C)(c1c(C)cc(C)cc1C)c1c(C)cc(C)cc1C. The summed E-state index contributed by atoms with van der Waals surface area (Å²) in [4.78, 5) is 0. The van der Waals surface area contributed by atoms with Crippen LogP contribution in [0.25, 0.3) is 4.51 Å². The molecule has 0 saturated carbocycles. The van der Waals surface area contributed by atoms with E-state index in [-0.39, 0.29) is 0 Å². The van der Waals surface area contributed by atoms with Crippen molar-refractivity contribution in [2.45, 2.75) is 61.2 Å². The molecule has 2 aromatic carbocycles. The highest BCUT2D eigenvalue weighted by molar-refractivity contribution is 7.52. The molecule has 0 aliphatic rings. The Balaban J connectivity index is 3.01. The minimum atomic E-state index is -2.17. The molecule has 0 aliphatic carbocycles. The third-order valence-electron chi connectivity index (χ3n) is 5.86. The van der Waals surface area contributed by atoms with Gasteiger partial charge in [0, 0.05) is 13.1 Å². The van der Waals surface area contributed by atoms with Crippen LogP contribution in [0.2, 0.25) is 19.6 Å². The summed E-state index contributed by atoms with van der Waals surface area (Å²) >= 11 is 0. The molecule has 3 heteroatoms. The quantitative estimate of drug-likeness (QED) is 0.536. The molecule has 0 aliphatic heterocycles. The maximum absolute atomic E-state index is 8.05. The lowest BCUT2D eigenvalue weighted by Gasteiger charge is -2.36. The van der Waals surface area contributed by atoms with Gasteiger partial charge < -0.3 is 4.51 Å². The zero-order valence-electron chi connectivity index (χ0n) is 17.3. The maximum atomic E-state index is 8.05. The lowest BCUT2D eigenvalue weighted by molar-refractivity contribution is 1.33. The third-order valence-corrected chi connectivity index (χ3v) is 21.6. The van der Waals surface area contributed by atoms with E-state index in [1.165, 1.54) is 43.8 Å². The molecule has 2 aromatic rings. The molecule has 1 nitrogen and oxygen atoms in total. The Hall–Kier alpha value is -1.64. The Morgan fingerprint density at radius 1 is 0.640 bits per heavy atom. The van der Waals surface area contributed by atoms with Crippen molar-refractivity contribution in [2.24, 2.45) is 0 Å². The van der Waals surface area contributed by atoms with E-state index in [1.807, 2.05) is 0 Å². The molecule has 0 bridgehead atoms. The molecule has 0 fully saturated rings. The summed E-state index contributed by atoms with van der Waals surface area (Å²) in [5.74, 6) is 0. The summed E-state index contributed by atoms with van der Waals surface area (Å²) in [7, 11) is -4.31. The van der Waals surface area contributed by atoms with Gasteiger partial charge in [-0.15, -0.1) is 0 Å². The highest BCUT2D eigenvalue weighted by atomic mass is 29.3. The standard InChI is InChI=1S/C22H31NSi2/c1-15-11-17(3)21(18(4)12-15)25(10,24(8,9)23-7)22-19(5)13-16(2)14-20(22)6/h11-14H,1-6,8-10H3. The normalized spacial score (nSPS) is 12.2. The van der Waals surface area contributed by atoms with Gasteiger partial charge >= 0.3 is 7.75 Å². The average molecular weight is 366 g/mol. The second-order valence-corrected chi connectivity index (χ2v) is 21.6. The summed E-state index contributed by atoms with van der Waals surface area (Å²) < 4.78 is 4.31. The summed E-state index contributed by atoms with van der Waals surface area (Å²) in [6.07, 6.45) is 0. The van der Waals surface area contributed by atoms with Crippen molar-refractivity contribution in [3.8, 4) is 0 Å². The van der Waals surface area contributed by atoms with Crippen LogP contribution in [-0.2, 0) is 0 Å². The molecule has 0 heterocycles. The number of hydrogen-bond donors (Lipinski definition) is 0. The Bertz CT molecular complexity index is 769. The Morgan fingerprint density at radius 3 is 1.16 bits per heavy atom. The highest BCUT2D eigenvalue weighted by Gasteiger charge is 2.59. The van der Waals surface area contributed by atoms with Crippen molar-refractivity contribution in [1.29, 1.82) is 0 Å². The lowest BCUT2D eigenvalue weighted by atomic mass is 10.1. The molecule has 0 spiro atoms. The molecule has 25 heavy (non-hydrogen) atoms. The van der Waals surface area contributed by atoms with Crippen molar-refractivity contribution in [2.75, 3.05) is 0 Å². The van der Waals surface area contributed by atoms with Gasteiger partial charge in [-0.1, -0.05) is 64.2 Å².